The molecule has 1 aliphatic carbocycles. The first kappa shape index (κ1) is 20.2. The van der Waals surface area contributed by atoms with E-state index in [0.29, 0.717) is 45.5 Å². The Balaban J connectivity index is 1.40. The first-order valence-corrected chi connectivity index (χ1v) is 11.5. The van der Waals surface area contributed by atoms with E-state index in [0.717, 1.165) is 25.8 Å². The van der Waals surface area contributed by atoms with Crippen LogP contribution < -0.4 is 0 Å². The Morgan fingerprint density at radius 2 is 1.61 bits per heavy atom. The van der Waals surface area contributed by atoms with Crippen LogP contribution in [0.15, 0.2) is 63.8 Å². The van der Waals surface area contributed by atoms with Gasteiger partial charge in [0.25, 0.3) is 5.91 Å². The first-order valence-electron chi connectivity index (χ1n) is 11.5. The maximum absolute atomic E-state index is 13.6. The molecule has 1 amide bonds. The van der Waals surface area contributed by atoms with Crippen LogP contribution in [-0.4, -0.2) is 33.4 Å². The molecule has 1 aliphatic heterocycles. The smallest absolute Gasteiger partial charge is 0.254 e. The molecule has 33 heavy (non-hydrogen) atoms. The van der Waals surface area contributed by atoms with Gasteiger partial charge in [-0.1, -0.05) is 20.8 Å². The van der Waals surface area contributed by atoms with Crippen molar-refractivity contribution < 1.29 is 13.6 Å². The molecule has 168 valence electrons. The maximum atomic E-state index is 13.6. The van der Waals surface area contributed by atoms with Gasteiger partial charge in [-0.2, -0.15) is 0 Å². The van der Waals surface area contributed by atoms with Crippen LogP contribution in [0, 0.1) is 10.8 Å². The van der Waals surface area contributed by atoms with Crippen LogP contribution in [0.1, 0.15) is 50.4 Å². The van der Waals surface area contributed by atoms with E-state index in [1.54, 1.807) is 12.5 Å². The van der Waals surface area contributed by atoms with Gasteiger partial charge in [0.05, 0.1) is 23.6 Å². The van der Waals surface area contributed by atoms with Crippen molar-refractivity contribution in [1.29, 1.82) is 0 Å². The van der Waals surface area contributed by atoms with E-state index in [1.807, 2.05) is 42.5 Å². The van der Waals surface area contributed by atoms with Gasteiger partial charge in [-0.3, -0.25) is 4.79 Å². The lowest BCUT2D eigenvalue weighted by atomic mass is 9.65. The lowest BCUT2D eigenvalue weighted by Crippen LogP contribution is -2.37. The van der Waals surface area contributed by atoms with Gasteiger partial charge in [-0.25, -0.2) is 9.97 Å². The molecule has 0 N–H and O–H groups in total. The van der Waals surface area contributed by atoms with Crippen LogP contribution in [0.2, 0.25) is 0 Å². The summed E-state index contributed by atoms with van der Waals surface area (Å²) in [5, 5.41) is 0. The van der Waals surface area contributed by atoms with Crippen LogP contribution in [0.25, 0.3) is 33.9 Å². The zero-order chi connectivity index (χ0) is 22.8. The summed E-state index contributed by atoms with van der Waals surface area (Å²) in [6.45, 7) is 7.79. The third kappa shape index (κ3) is 3.45. The molecule has 6 rings (SSSR count). The number of amides is 1. The van der Waals surface area contributed by atoms with Gasteiger partial charge in [0, 0.05) is 18.2 Å². The van der Waals surface area contributed by atoms with Gasteiger partial charge in [0.2, 0.25) is 0 Å². The third-order valence-corrected chi connectivity index (χ3v) is 7.10. The summed E-state index contributed by atoms with van der Waals surface area (Å²) in [6, 6.07) is 13.3. The summed E-state index contributed by atoms with van der Waals surface area (Å²) in [5.74, 6) is 1.31. The molecule has 3 aromatic heterocycles. The van der Waals surface area contributed by atoms with Crippen LogP contribution in [0.3, 0.4) is 0 Å². The summed E-state index contributed by atoms with van der Waals surface area (Å²) in [6.07, 6.45) is 6.52. The molecule has 2 atom stereocenters. The Kier molecular flexibility index (Phi) is 4.31. The fourth-order valence-corrected chi connectivity index (χ4v) is 6.22. The number of fused-ring (bicyclic) bond motifs is 3. The van der Waals surface area contributed by atoms with Gasteiger partial charge < -0.3 is 13.7 Å². The SMILES string of the molecule is CC1(C)C[C@H]2C[C@@](C)(CN2C(=O)c2ccc3nc(-c4ccco4)c(-c4ccco4)nc3c2)C1. The monoisotopic (exact) mass is 441 g/mol. The number of furan rings is 2. The molecular formula is C27H27N3O3. The summed E-state index contributed by atoms with van der Waals surface area (Å²) in [5.41, 5.74) is 3.70. The van der Waals surface area contributed by atoms with E-state index >= 15 is 0 Å². The van der Waals surface area contributed by atoms with Crippen molar-refractivity contribution in [3.8, 4) is 22.9 Å². The Labute approximate surface area is 192 Å². The molecule has 0 spiro atoms. The molecule has 2 bridgehead atoms. The maximum Gasteiger partial charge on any atom is 0.254 e. The van der Waals surface area contributed by atoms with Gasteiger partial charge in [0.1, 0.15) is 11.4 Å². The number of carbonyl (C=O) groups excluding carboxylic acids is 1. The second-order valence-corrected chi connectivity index (χ2v) is 10.7. The molecule has 0 unspecified atom stereocenters. The molecule has 0 radical (unpaired) electrons. The fourth-order valence-electron chi connectivity index (χ4n) is 6.22. The fraction of sp³-hybridized carbons (Fsp3) is 0.370. The van der Waals surface area contributed by atoms with Gasteiger partial charge in [0.15, 0.2) is 11.5 Å². The van der Waals surface area contributed by atoms with Crippen molar-refractivity contribution in [2.24, 2.45) is 10.8 Å². The minimum absolute atomic E-state index is 0.0831. The molecule has 4 heterocycles. The summed E-state index contributed by atoms with van der Waals surface area (Å²) in [4.78, 5) is 25.4. The quantitative estimate of drug-likeness (QED) is 0.379. The summed E-state index contributed by atoms with van der Waals surface area (Å²) >= 11 is 0. The molecule has 2 aliphatic rings. The van der Waals surface area contributed by atoms with Gasteiger partial charge in [-0.05, 0) is 72.6 Å². The summed E-state index contributed by atoms with van der Waals surface area (Å²) in [7, 11) is 0. The molecule has 1 aromatic carbocycles. The van der Waals surface area contributed by atoms with Crippen molar-refractivity contribution in [3.63, 3.8) is 0 Å². The lowest BCUT2D eigenvalue weighted by Gasteiger charge is -2.39. The minimum atomic E-state index is 0.0831. The highest BCUT2D eigenvalue weighted by Crippen LogP contribution is 2.52. The Bertz CT molecular complexity index is 1340. The largest absolute Gasteiger partial charge is 0.463 e. The Morgan fingerprint density at radius 3 is 2.24 bits per heavy atom. The van der Waals surface area contributed by atoms with Crippen LogP contribution >= 0.6 is 0 Å². The molecule has 6 heteroatoms. The number of carbonyl (C=O) groups is 1. The van der Waals surface area contributed by atoms with Crippen molar-refractivity contribution in [3.05, 3.63) is 60.6 Å². The second-order valence-electron chi connectivity index (χ2n) is 10.7. The first-order chi connectivity index (χ1) is 15.8. The van der Waals surface area contributed by atoms with E-state index in [2.05, 4.69) is 25.7 Å². The molecule has 6 nitrogen and oxygen atoms in total. The number of hydrogen-bond acceptors (Lipinski definition) is 5. The number of nitrogens with zero attached hydrogens (tertiary/aromatic N) is 3. The molecule has 4 aromatic rings. The molecule has 1 saturated carbocycles. The van der Waals surface area contributed by atoms with Gasteiger partial charge in [-0.15, -0.1) is 0 Å². The lowest BCUT2D eigenvalue weighted by molar-refractivity contribution is 0.0708. The van der Waals surface area contributed by atoms with E-state index in [1.165, 1.54) is 0 Å². The average Bonchev–Trinajstić information content (AvgIpc) is 3.52. The molecule has 2 fully saturated rings. The number of rotatable bonds is 3. The van der Waals surface area contributed by atoms with E-state index < -0.39 is 0 Å². The van der Waals surface area contributed by atoms with Crippen molar-refractivity contribution in [2.45, 2.75) is 46.1 Å². The second kappa shape index (κ2) is 7.04. The number of hydrogen-bond donors (Lipinski definition) is 0. The van der Waals surface area contributed by atoms with Crippen molar-refractivity contribution in [2.75, 3.05) is 6.54 Å². The molecular weight excluding hydrogens is 414 g/mol. The number of aromatic nitrogens is 2. The van der Waals surface area contributed by atoms with Gasteiger partial charge >= 0.3 is 0 Å². The summed E-state index contributed by atoms with van der Waals surface area (Å²) < 4.78 is 11.2. The third-order valence-electron chi connectivity index (χ3n) is 7.10. The standard InChI is InChI=1S/C27H27N3O3/c1-26(2)13-18-14-27(3,15-26)16-30(18)25(31)17-8-9-19-20(12-17)29-24(22-7-5-11-33-22)23(28-19)21-6-4-10-32-21/h4-12,18H,13-16H2,1-3H3/t18-,27+/m0/s1. The Hall–Kier alpha value is -3.41. The van der Waals surface area contributed by atoms with Crippen LogP contribution in [0.5, 0.6) is 0 Å². The highest BCUT2D eigenvalue weighted by molar-refractivity contribution is 5.98. The van der Waals surface area contributed by atoms with Crippen molar-refractivity contribution in [1.82, 2.24) is 14.9 Å². The predicted octanol–water partition coefficient (Wildman–Crippen LogP) is 6.19. The highest BCUT2D eigenvalue weighted by atomic mass is 16.3. The zero-order valence-corrected chi connectivity index (χ0v) is 19.2. The highest BCUT2D eigenvalue weighted by Gasteiger charge is 2.51. The minimum Gasteiger partial charge on any atom is -0.463 e. The predicted molar refractivity (Wildman–Crippen MR) is 126 cm³/mol. The number of benzene rings is 1. The van der Waals surface area contributed by atoms with Crippen LogP contribution in [-0.2, 0) is 0 Å². The average molecular weight is 442 g/mol. The van der Waals surface area contributed by atoms with Crippen molar-refractivity contribution >= 4 is 16.9 Å². The number of likely N-dealkylation sites (tertiary alicyclic amines) is 1. The zero-order valence-electron chi connectivity index (χ0n) is 19.2. The van der Waals surface area contributed by atoms with Crippen LogP contribution in [0.4, 0.5) is 0 Å². The van der Waals surface area contributed by atoms with E-state index in [4.69, 9.17) is 18.8 Å². The van der Waals surface area contributed by atoms with E-state index in [-0.39, 0.29) is 16.7 Å². The Morgan fingerprint density at radius 1 is 0.939 bits per heavy atom. The normalized spacial score (nSPS) is 23.8. The molecule has 1 saturated heterocycles. The van der Waals surface area contributed by atoms with E-state index in [9.17, 15) is 4.79 Å². The topological polar surface area (TPSA) is 72.4 Å².